The minimum absolute atomic E-state index is 0.0242. The van der Waals surface area contributed by atoms with Gasteiger partial charge in [0.2, 0.25) is 0 Å². The van der Waals surface area contributed by atoms with Crippen molar-refractivity contribution in [3.05, 3.63) is 71.0 Å². The number of aryl methyl sites for hydroxylation is 1. The van der Waals surface area contributed by atoms with Gasteiger partial charge in [0.05, 0.1) is 0 Å². The van der Waals surface area contributed by atoms with Gasteiger partial charge in [-0.2, -0.15) is 0 Å². The number of hydrogen-bond acceptors (Lipinski definition) is 2. The van der Waals surface area contributed by atoms with Crippen LogP contribution in [0.4, 0.5) is 4.39 Å². The number of aliphatic carboxylic acids is 1. The van der Waals surface area contributed by atoms with Gasteiger partial charge in [0.1, 0.15) is 11.2 Å². The fourth-order valence-corrected chi connectivity index (χ4v) is 2.63. The first-order chi connectivity index (χ1) is 10.0. The highest BCUT2D eigenvalue weighted by Crippen LogP contribution is 2.31. The highest BCUT2D eigenvalue weighted by atomic mass is 19.1. The maximum absolute atomic E-state index is 13.9. The van der Waals surface area contributed by atoms with Crippen LogP contribution in [-0.4, -0.2) is 17.6 Å². The molecule has 0 heterocycles. The van der Waals surface area contributed by atoms with Gasteiger partial charge in [-0.05, 0) is 36.1 Å². The van der Waals surface area contributed by atoms with E-state index in [0.29, 0.717) is 11.1 Å². The standard InChI is InChI=1S/C17H18FNO2/c1-12-6-2-4-8-14(12)17(11-19,16(20)21)10-13-7-3-5-9-15(13)18/h2-9H,10-11,19H2,1H3,(H,20,21). The van der Waals surface area contributed by atoms with Gasteiger partial charge in [0, 0.05) is 6.54 Å². The summed E-state index contributed by atoms with van der Waals surface area (Å²) in [5, 5.41) is 9.75. The molecule has 0 amide bonds. The lowest BCUT2D eigenvalue weighted by Gasteiger charge is -2.30. The van der Waals surface area contributed by atoms with Gasteiger partial charge in [0.15, 0.2) is 0 Å². The average molecular weight is 287 g/mol. The molecule has 2 aromatic carbocycles. The molecule has 0 aliphatic heterocycles. The molecule has 2 aromatic rings. The molecule has 1 unspecified atom stereocenters. The van der Waals surface area contributed by atoms with Crippen LogP contribution < -0.4 is 5.73 Å². The molecule has 1 atom stereocenters. The molecule has 3 nitrogen and oxygen atoms in total. The van der Waals surface area contributed by atoms with Crippen LogP contribution in [0.5, 0.6) is 0 Å². The van der Waals surface area contributed by atoms with Crippen LogP contribution in [0.1, 0.15) is 16.7 Å². The molecule has 3 N–H and O–H groups in total. The van der Waals surface area contributed by atoms with Crippen molar-refractivity contribution in [3.63, 3.8) is 0 Å². The molecule has 0 fully saturated rings. The van der Waals surface area contributed by atoms with Gasteiger partial charge < -0.3 is 10.8 Å². The molecule has 0 saturated heterocycles. The first-order valence-electron chi connectivity index (χ1n) is 6.74. The van der Waals surface area contributed by atoms with Crippen molar-refractivity contribution in [3.8, 4) is 0 Å². The van der Waals surface area contributed by atoms with Crippen LogP contribution in [0.25, 0.3) is 0 Å². The minimum Gasteiger partial charge on any atom is -0.481 e. The summed E-state index contributed by atoms with van der Waals surface area (Å²) in [6, 6.07) is 13.4. The number of nitrogens with two attached hydrogens (primary N) is 1. The summed E-state index contributed by atoms with van der Waals surface area (Å²) in [5.74, 6) is -1.45. The summed E-state index contributed by atoms with van der Waals surface area (Å²) < 4.78 is 13.9. The number of carboxylic acids is 1. The number of carboxylic acid groups (broad SMARTS) is 1. The molecule has 0 radical (unpaired) electrons. The van der Waals surface area contributed by atoms with Crippen LogP contribution >= 0.6 is 0 Å². The lowest BCUT2D eigenvalue weighted by atomic mass is 9.74. The summed E-state index contributed by atoms with van der Waals surface area (Å²) >= 11 is 0. The molecule has 2 rings (SSSR count). The van der Waals surface area contributed by atoms with Crippen LogP contribution in [0.3, 0.4) is 0 Å². The van der Waals surface area contributed by atoms with E-state index in [1.165, 1.54) is 6.07 Å². The number of halogens is 1. The molecule has 110 valence electrons. The Hall–Kier alpha value is -2.20. The Morgan fingerprint density at radius 1 is 1.19 bits per heavy atom. The Morgan fingerprint density at radius 2 is 1.81 bits per heavy atom. The van der Waals surface area contributed by atoms with E-state index in [1.807, 2.05) is 19.1 Å². The van der Waals surface area contributed by atoms with Gasteiger partial charge in [-0.1, -0.05) is 42.5 Å². The van der Waals surface area contributed by atoms with Crippen molar-refractivity contribution in [2.45, 2.75) is 18.8 Å². The van der Waals surface area contributed by atoms with E-state index in [0.717, 1.165) is 5.56 Å². The fourth-order valence-electron chi connectivity index (χ4n) is 2.63. The second kappa shape index (κ2) is 6.06. The second-order valence-electron chi connectivity index (χ2n) is 5.17. The van der Waals surface area contributed by atoms with Crippen LogP contribution in [-0.2, 0) is 16.6 Å². The number of carbonyl (C=O) groups is 1. The molecule has 0 bridgehead atoms. The summed E-state index contributed by atoms with van der Waals surface area (Å²) in [6.45, 7) is 1.74. The molecule has 0 aliphatic carbocycles. The zero-order valence-electron chi connectivity index (χ0n) is 11.8. The number of hydrogen-bond donors (Lipinski definition) is 2. The summed E-state index contributed by atoms with van der Waals surface area (Å²) in [7, 11) is 0. The van der Waals surface area contributed by atoms with Crippen LogP contribution in [0, 0.1) is 12.7 Å². The van der Waals surface area contributed by atoms with Gasteiger partial charge in [-0.25, -0.2) is 4.39 Å². The Kier molecular flexibility index (Phi) is 4.38. The SMILES string of the molecule is Cc1ccccc1C(CN)(Cc1ccccc1F)C(=O)O. The van der Waals surface area contributed by atoms with E-state index in [2.05, 4.69) is 0 Å². The van der Waals surface area contributed by atoms with Crippen molar-refractivity contribution in [1.82, 2.24) is 0 Å². The lowest BCUT2D eigenvalue weighted by Crippen LogP contribution is -2.45. The molecule has 4 heteroatoms. The number of benzene rings is 2. The third-order valence-corrected chi connectivity index (χ3v) is 3.87. The largest absolute Gasteiger partial charge is 0.481 e. The Bertz CT molecular complexity index is 657. The summed E-state index contributed by atoms with van der Waals surface area (Å²) in [5.41, 5.74) is 6.30. The summed E-state index contributed by atoms with van der Waals surface area (Å²) in [4.78, 5) is 11.9. The highest BCUT2D eigenvalue weighted by molar-refractivity contribution is 5.83. The van der Waals surface area contributed by atoms with Crippen molar-refractivity contribution in [1.29, 1.82) is 0 Å². The molecule has 0 aromatic heterocycles. The van der Waals surface area contributed by atoms with E-state index >= 15 is 0 Å². The Morgan fingerprint density at radius 3 is 2.38 bits per heavy atom. The fraction of sp³-hybridized carbons (Fsp3) is 0.235. The van der Waals surface area contributed by atoms with Gasteiger partial charge in [-0.15, -0.1) is 0 Å². The molecular formula is C17H18FNO2. The first-order valence-corrected chi connectivity index (χ1v) is 6.74. The first kappa shape index (κ1) is 15.2. The number of rotatable bonds is 5. The molecule has 0 aliphatic rings. The maximum Gasteiger partial charge on any atom is 0.315 e. The molecule has 0 saturated carbocycles. The zero-order chi connectivity index (χ0) is 15.5. The normalized spacial score (nSPS) is 13.7. The lowest BCUT2D eigenvalue weighted by molar-refractivity contribution is -0.143. The van der Waals surface area contributed by atoms with E-state index in [9.17, 15) is 14.3 Å². The molecule has 0 spiro atoms. The zero-order valence-corrected chi connectivity index (χ0v) is 11.8. The van der Waals surface area contributed by atoms with E-state index in [-0.39, 0.29) is 13.0 Å². The highest BCUT2D eigenvalue weighted by Gasteiger charge is 2.40. The van der Waals surface area contributed by atoms with Crippen molar-refractivity contribution >= 4 is 5.97 Å². The third kappa shape index (κ3) is 2.81. The van der Waals surface area contributed by atoms with Gasteiger partial charge in [-0.3, -0.25) is 4.79 Å². The third-order valence-electron chi connectivity index (χ3n) is 3.87. The molecular weight excluding hydrogens is 269 g/mol. The predicted octanol–water partition coefficient (Wildman–Crippen LogP) is 2.66. The Balaban J connectivity index is 2.56. The minimum atomic E-state index is -1.33. The maximum atomic E-state index is 13.9. The van der Waals surface area contributed by atoms with Crippen molar-refractivity contribution in [2.75, 3.05) is 6.54 Å². The molecule has 21 heavy (non-hydrogen) atoms. The smallest absolute Gasteiger partial charge is 0.315 e. The van der Waals surface area contributed by atoms with E-state index < -0.39 is 17.2 Å². The van der Waals surface area contributed by atoms with Crippen molar-refractivity contribution < 1.29 is 14.3 Å². The van der Waals surface area contributed by atoms with Crippen LogP contribution in [0.2, 0.25) is 0 Å². The van der Waals surface area contributed by atoms with Crippen LogP contribution in [0.15, 0.2) is 48.5 Å². The van der Waals surface area contributed by atoms with Crippen molar-refractivity contribution in [2.24, 2.45) is 5.73 Å². The topological polar surface area (TPSA) is 63.3 Å². The van der Waals surface area contributed by atoms with Gasteiger partial charge >= 0.3 is 5.97 Å². The Labute approximate surface area is 123 Å². The van der Waals surface area contributed by atoms with E-state index in [4.69, 9.17) is 5.73 Å². The predicted molar refractivity (Wildman–Crippen MR) is 79.7 cm³/mol. The monoisotopic (exact) mass is 287 g/mol. The van der Waals surface area contributed by atoms with Gasteiger partial charge in [0.25, 0.3) is 0 Å². The average Bonchev–Trinajstić information content (AvgIpc) is 2.47. The van der Waals surface area contributed by atoms with E-state index in [1.54, 1.807) is 30.3 Å². The summed E-state index contributed by atoms with van der Waals surface area (Å²) in [6.07, 6.45) is 0.0242. The second-order valence-corrected chi connectivity index (χ2v) is 5.17. The quantitative estimate of drug-likeness (QED) is 0.888.